The van der Waals surface area contributed by atoms with Gasteiger partial charge in [0.2, 0.25) is 0 Å². The van der Waals surface area contributed by atoms with Crippen LogP contribution in [0, 0.1) is 11.8 Å². The Morgan fingerprint density at radius 3 is 2.55 bits per heavy atom. The van der Waals surface area contributed by atoms with Crippen LogP contribution in [0.2, 0.25) is 0 Å². The first kappa shape index (κ1) is 13.9. The fraction of sp³-hybridized carbons (Fsp3) is 0.316. The van der Waals surface area contributed by atoms with Crippen LogP contribution in [0.4, 0.5) is 5.69 Å². The Morgan fingerprint density at radius 1 is 1.05 bits per heavy atom. The van der Waals surface area contributed by atoms with E-state index in [9.17, 15) is 0 Å². The first-order chi connectivity index (χ1) is 10.7. The quantitative estimate of drug-likeness (QED) is 0.777. The van der Waals surface area contributed by atoms with Crippen molar-refractivity contribution in [3.05, 3.63) is 60.2 Å². The lowest BCUT2D eigenvalue weighted by Gasteiger charge is -2.37. The van der Waals surface area contributed by atoms with Gasteiger partial charge in [-0.2, -0.15) is 0 Å². The number of rotatable bonds is 2. The molecule has 3 heteroatoms. The van der Waals surface area contributed by atoms with E-state index in [4.69, 9.17) is 4.99 Å². The lowest BCUT2D eigenvalue weighted by Crippen LogP contribution is -2.40. The number of para-hydroxylation sites is 1. The molecule has 0 amide bonds. The summed E-state index contributed by atoms with van der Waals surface area (Å²) in [5.74, 6) is 1.14. The van der Waals surface area contributed by atoms with Crippen molar-refractivity contribution < 1.29 is 0 Å². The van der Waals surface area contributed by atoms with E-state index in [1.165, 1.54) is 16.1 Å². The van der Waals surface area contributed by atoms with E-state index >= 15 is 0 Å². The molecule has 2 heterocycles. The van der Waals surface area contributed by atoms with Gasteiger partial charge in [-0.1, -0.05) is 56.3 Å². The molecule has 2 aromatic rings. The number of benzene rings is 2. The number of thioether (sulfide) groups is 1. The normalized spacial score (nSPS) is 23.2. The third-order valence-corrected chi connectivity index (χ3v) is 5.71. The van der Waals surface area contributed by atoms with Crippen molar-refractivity contribution in [3.63, 3.8) is 0 Å². The molecule has 0 saturated heterocycles. The monoisotopic (exact) mass is 308 g/mol. The van der Waals surface area contributed by atoms with Gasteiger partial charge in [0.25, 0.3) is 0 Å². The minimum atomic E-state index is 0.272. The molecule has 2 nitrogen and oxygen atoms in total. The number of hydrogen-bond acceptors (Lipinski definition) is 3. The molecule has 0 unspecified atom stereocenters. The molecule has 0 fully saturated rings. The molecule has 4 rings (SSSR count). The molecule has 0 aromatic heterocycles. The van der Waals surface area contributed by atoms with Crippen LogP contribution in [0.25, 0.3) is 0 Å². The van der Waals surface area contributed by atoms with E-state index in [-0.39, 0.29) is 6.04 Å². The first-order valence-electron chi connectivity index (χ1n) is 7.91. The predicted octanol–water partition coefficient (Wildman–Crippen LogP) is 4.98. The minimum Gasteiger partial charge on any atom is -0.319 e. The number of hydrogen-bond donors (Lipinski definition) is 0. The van der Waals surface area contributed by atoms with Gasteiger partial charge in [-0.05, 0) is 35.4 Å². The van der Waals surface area contributed by atoms with Crippen LogP contribution >= 0.6 is 11.8 Å². The summed E-state index contributed by atoms with van der Waals surface area (Å²) in [6.07, 6.45) is 0. The van der Waals surface area contributed by atoms with Crippen LogP contribution in [0.5, 0.6) is 0 Å². The molecule has 2 aliphatic heterocycles. The zero-order valence-corrected chi connectivity index (χ0v) is 13.8. The summed E-state index contributed by atoms with van der Waals surface area (Å²) in [7, 11) is 0. The second kappa shape index (κ2) is 5.47. The maximum absolute atomic E-state index is 5.14. The topological polar surface area (TPSA) is 15.6 Å². The van der Waals surface area contributed by atoms with E-state index in [1.54, 1.807) is 0 Å². The molecule has 0 bridgehead atoms. The first-order valence-corrected chi connectivity index (χ1v) is 8.73. The summed E-state index contributed by atoms with van der Waals surface area (Å²) < 4.78 is 0. The summed E-state index contributed by atoms with van der Waals surface area (Å²) in [5, 5.41) is 1.16. The van der Waals surface area contributed by atoms with E-state index in [0.29, 0.717) is 11.8 Å². The van der Waals surface area contributed by atoms with E-state index in [1.807, 2.05) is 11.8 Å². The average molecular weight is 308 g/mol. The standard InChI is InChI=1S/C19H20N2S/c1-13(2)15-12-21-16-10-6-7-11-17(16)22-19(21)20-18(15)14-8-4-3-5-9-14/h3-11,13,15,18H,12H2,1-2H3/t15-,18+/m0/s1. The molecule has 0 saturated carbocycles. The van der Waals surface area contributed by atoms with E-state index in [0.717, 1.165) is 11.7 Å². The largest absolute Gasteiger partial charge is 0.319 e. The molecule has 0 N–H and O–H groups in total. The molecule has 0 radical (unpaired) electrons. The van der Waals surface area contributed by atoms with E-state index in [2.05, 4.69) is 73.3 Å². The lowest BCUT2D eigenvalue weighted by atomic mass is 9.83. The molecule has 0 aliphatic carbocycles. The highest BCUT2D eigenvalue weighted by Gasteiger charge is 2.38. The SMILES string of the molecule is CC(C)[C@@H]1CN2C(=N[C@@H]1c1ccccc1)Sc1ccccc12. The third kappa shape index (κ3) is 2.24. The summed E-state index contributed by atoms with van der Waals surface area (Å²) in [4.78, 5) is 8.87. The fourth-order valence-corrected chi connectivity index (χ4v) is 4.44. The molecular formula is C19H20N2S. The minimum absolute atomic E-state index is 0.272. The molecule has 22 heavy (non-hydrogen) atoms. The fourth-order valence-electron chi connectivity index (χ4n) is 3.37. The van der Waals surface area contributed by atoms with Gasteiger partial charge in [0.05, 0.1) is 11.7 Å². The lowest BCUT2D eigenvalue weighted by molar-refractivity contribution is 0.324. The maximum Gasteiger partial charge on any atom is 0.169 e. The number of nitrogens with zero attached hydrogens (tertiary/aromatic N) is 2. The Hall–Kier alpha value is -1.74. The summed E-state index contributed by atoms with van der Waals surface area (Å²) in [6, 6.07) is 19.7. The van der Waals surface area contributed by atoms with Gasteiger partial charge in [-0.25, -0.2) is 0 Å². The smallest absolute Gasteiger partial charge is 0.169 e. The number of amidine groups is 1. The van der Waals surface area contributed by atoms with Crippen LogP contribution in [-0.2, 0) is 0 Å². The second-order valence-corrected chi connectivity index (χ2v) is 7.36. The Morgan fingerprint density at radius 2 is 1.77 bits per heavy atom. The Kier molecular flexibility index (Phi) is 3.45. The van der Waals surface area contributed by atoms with Crippen molar-refractivity contribution in [2.24, 2.45) is 16.8 Å². The van der Waals surface area contributed by atoms with Gasteiger partial charge in [0.15, 0.2) is 5.17 Å². The van der Waals surface area contributed by atoms with Crippen molar-refractivity contribution in [1.29, 1.82) is 0 Å². The zero-order valence-electron chi connectivity index (χ0n) is 12.9. The van der Waals surface area contributed by atoms with Crippen LogP contribution in [0.1, 0.15) is 25.5 Å². The molecule has 0 spiro atoms. The summed E-state index contributed by atoms with van der Waals surface area (Å²) in [5.41, 5.74) is 2.66. The van der Waals surface area contributed by atoms with Gasteiger partial charge < -0.3 is 4.90 Å². The average Bonchev–Trinajstić information content (AvgIpc) is 2.92. The molecule has 2 aliphatic rings. The van der Waals surface area contributed by atoms with Gasteiger partial charge >= 0.3 is 0 Å². The zero-order chi connectivity index (χ0) is 15.1. The van der Waals surface area contributed by atoms with E-state index < -0.39 is 0 Å². The van der Waals surface area contributed by atoms with Gasteiger partial charge in [0.1, 0.15) is 0 Å². The molecular weight excluding hydrogens is 288 g/mol. The molecule has 2 aromatic carbocycles. The van der Waals surface area contributed by atoms with Crippen molar-refractivity contribution in [2.45, 2.75) is 24.8 Å². The number of anilines is 1. The summed E-state index contributed by atoms with van der Waals surface area (Å²) in [6.45, 7) is 5.69. The molecule has 2 atom stereocenters. The maximum atomic E-state index is 5.14. The predicted molar refractivity (Wildman–Crippen MR) is 94.6 cm³/mol. The van der Waals surface area contributed by atoms with Crippen molar-refractivity contribution >= 4 is 22.6 Å². The Bertz CT molecular complexity index is 708. The number of aliphatic imine (C=N–C) groups is 1. The van der Waals surface area contributed by atoms with Crippen molar-refractivity contribution in [2.75, 3.05) is 11.4 Å². The Balaban J connectivity index is 1.77. The van der Waals surface area contributed by atoms with Crippen LogP contribution in [0.3, 0.4) is 0 Å². The van der Waals surface area contributed by atoms with Crippen LogP contribution in [0.15, 0.2) is 64.5 Å². The highest BCUT2D eigenvalue weighted by molar-refractivity contribution is 8.14. The third-order valence-electron chi connectivity index (χ3n) is 4.63. The van der Waals surface area contributed by atoms with Crippen molar-refractivity contribution in [1.82, 2.24) is 0 Å². The van der Waals surface area contributed by atoms with Crippen LogP contribution in [-0.4, -0.2) is 11.7 Å². The molecule has 112 valence electrons. The summed E-state index contributed by atoms with van der Waals surface area (Å²) >= 11 is 1.81. The van der Waals surface area contributed by atoms with Crippen molar-refractivity contribution in [3.8, 4) is 0 Å². The highest BCUT2D eigenvalue weighted by Crippen LogP contribution is 2.46. The number of fused-ring (bicyclic) bond motifs is 3. The highest BCUT2D eigenvalue weighted by atomic mass is 32.2. The van der Waals surface area contributed by atoms with Gasteiger partial charge in [0, 0.05) is 17.4 Å². The van der Waals surface area contributed by atoms with Gasteiger partial charge in [-0.3, -0.25) is 4.99 Å². The van der Waals surface area contributed by atoms with Gasteiger partial charge in [-0.15, -0.1) is 0 Å². The second-order valence-electron chi connectivity index (χ2n) is 6.36. The Labute approximate surface area is 136 Å². The van der Waals surface area contributed by atoms with Crippen LogP contribution < -0.4 is 4.90 Å².